The largest absolute Gasteiger partial charge is 0.477 e. The van der Waals surface area contributed by atoms with Gasteiger partial charge in [0.25, 0.3) is 5.91 Å². The van der Waals surface area contributed by atoms with E-state index in [0.29, 0.717) is 24.0 Å². The second-order valence-corrected chi connectivity index (χ2v) is 6.79. The van der Waals surface area contributed by atoms with Crippen LogP contribution >= 0.6 is 0 Å². The van der Waals surface area contributed by atoms with Crippen LogP contribution in [0.2, 0.25) is 0 Å². The normalized spacial score (nSPS) is 16.3. The maximum atomic E-state index is 11.9. The smallest absolute Gasteiger partial charge is 0.253 e. The molecular formula is C19H22N4O2. The fourth-order valence-electron chi connectivity index (χ4n) is 2.41. The number of aromatic nitrogens is 2. The van der Waals surface area contributed by atoms with Gasteiger partial charge in [-0.1, -0.05) is 6.07 Å². The Balaban J connectivity index is 1.26. The van der Waals surface area contributed by atoms with E-state index >= 15 is 0 Å². The van der Waals surface area contributed by atoms with E-state index < -0.39 is 0 Å². The average molecular weight is 338 g/mol. The van der Waals surface area contributed by atoms with Gasteiger partial charge in [-0.05, 0) is 49.3 Å². The first kappa shape index (κ1) is 15.9. The molecule has 0 spiro atoms. The Hall–Kier alpha value is -2.63. The molecule has 0 aliphatic heterocycles. The van der Waals surface area contributed by atoms with Crippen LogP contribution in [0.1, 0.15) is 41.6 Å². The molecule has 25 heavy (non-hydrogen) atoms. The van der Waals surface area contributed by atoms with Gasteiger partial charge in [0.1, 0.15) is 5.82 Å². The summed E-state index contributed by atoms with van der Waals surface area (Å²) in [6, 6.07) is 7.87. The van der Waals surface area contributed by atoms with Crippen LogP contribution in [0.25, 0.3) is 0 Å². The summed E-state index contributed by atoms with van der Waals surface area (Å²) in [5.41, 5.74) is 1.65. The zero-order valence-electron chi connectivity index (χ0n) is 14.1. The minimum atomic E-state index is -0.0486. The first-order valence-electron chi connectivity index (χ1n) is 8.85. The standard InChI is InChI=1S/C19H22N4O2/c24-19(23-16-5-6-16)15-4-7-17(21-11-15)20-9-14-3-8-18(22-10-14)25-12-13-1-2-13/h3-4,7-8,10-11,13,16H,1-2,5-6,9,12H2,(H,20,21)(H,23,24). The van der Waals surface area contributed by atoms with Crippen molar-refractivity contribution < 1.29 is 9.53 Å². The molecule has 2 saturated carbocycles. The Morgan fingerprint density at radius 1 is 1.08 bits per heavy atom. The number of rotatable bonds is 8. The lowest BCUT2D eigenvalue weighted by atomic mass is 10.2. The lowest BCUT2D eigenvalue weighted by Gasteiger charge is -2.08. The summed E-state index contributed by atoms with van der Waals surface area (Å²) in [6.07, 6.45) is 8.13. The van der Waals surface area contributed by atoms with Crippen LogP contribution in [-0.4, -0.2) is 28.5 Å². The van der Waals surface area contributed by atoms with E-state index in [1.807, 2.05) is 24.4 Å². The van der Waals surface area contributed by atoms with Gasteiger partial charge in [0, 0.05) is 31.0 Å². The van der Waals surface area contributed by atoms with E-state index in [9.17, 15) is 4.79 Å². The topological polar surface area (TPSA) is 76.1 Å². The van der Waals surface area contributed by atoms with Crippen LogP contribution in [0.15, 0.2) is 36.7 Å². The lowest BCUT2D eigenvalue weighted by Crippen LogP contribution is -2.25. The van der Waals surface area contributed by atoms with Crippen LogP contribution in [0.4, 0.5) is 5.82 Å². The average Bonchev–Trinajstić information content (AvgIpc) is 3.55. The summed E-state index contributed by atoms with van der Waals surface area (Å²) in [5, 5.41) is 6.19. The zero-order valence-corrected chi connectivity index (χ0v) is 14.1. The van der Waals surface area contributed by atoms with E-state index in [1.54, 1.807) is 12.3 Å². The van der Waals surface area contributed by atoms with Crippen molar-refractivity contribution in [2.24, 2.45) is 5.92 Å². The van der Waals surface area contributed by atoms with E-state index in [1.165, 1.54) is 12.8 Å². The maximum Gasteiger partial charge on any atom is 0.253 e. The number of carbonyl (C=O) groups excluding carboxylic acids is 1. The van der Waals surface area contributed by atoms with Gasteiger partial charge in [-0.3, -0.25) is 4.79 Å². The third-order valence-electron chi connectivity index (χ3n) is 4.37. The summed E-state index contributed by atoms with van der Waals surface area (Å²) in [4.78, 5) is 20.5. The van der Waals surface area contributed by atoms with E-state index in [-0.39, 0.29) is 5.91 Å². The molecule has 2 aromatic rings. The van der Waals surface area contributed by atoms with Crippen molar-refractivity contribution in [1.82, 2.24) is 15.3 Å². The molecule has 6 heteroatoms. The first-order chi connectivity index (χ1) is 12.3. The highest BCUT2D eigenvalue weighted by Gasteiger charge is 2.24. The number of nitrogens with zero attached hydrogens (tertiary/aromatic N) is 2. The van der Waals surface area contributed by atoms with Crippen LogP contribution < -0.4 is 15.4 Å². The number of pyridine rings is 2. The van der Waals surface area contributed by atoms with Crippen molar-refractivity contribution in [3.05, 3.63) is 47.8 Å². The third kappa shape index (κ3) is 4.68. The van der Waals surface area contributed by atoms with Crippen molar-refractivity contribution in [1.29, 1.82) is 0 Å². The van der Waals surface area contributed by atoms with Gasteiger partial charge in [-0.2, -0.15) is 0 Å². The van der Waals surface area contributed by atoms with Gasteiger partial charge < -0.3 is 15.4 Å². The summed E-state index contributed by atoms with van der Waals surface area (Å²) in [6.45, 7) is 1.39. The number of hydrogen-bond donors (Lipinski definition) is 2. The number of anilines is 1. The maximum absolute atomic E-state index is 11.9. The highest BCUT2D eigenvalue weighted by Crippen LogP contribution is 2.29. The minimum absolute atomic E-state index is 0.0486. The van der Waals surface area contributed by atoms with Crippen molar-refractivity contribution in [3.63, 3.8) is 0 Å². The molecule has 0 saturated heterocycles. The lowest BCUT2D eigenvalue weighted by molar-refractivity contribution is 0.0950. The van der Waals surface area contributed by atoms with Crippen LogP contribution in [0, 0.1) is 5.92 Å². The first-order valence-corrected chi connectivity index (χ1v) is 8.85. The fourth-order valence-corrected chi connectivity index (χ4v) is 2.41. The summed E-state index contributed by atoms with van der Waals surface area (Å²) >= 11 is 0. The minimum Gasteiger partial charge on any atom is -0.477 e. The van der Waals surface area contributed by atoms with E-state index in [4.69, 9.17) is 4.74 Å². The predicted octanol–water partition coefficient (Wildman–Crippen LogP) is 2.77. The van der Waals surface area contributed by atoms with Crippen molar-refractivity contribution in [3.8, 4) is 5.88 Å². The van der Waals surface area contributed by atoms with Crippen LogP contribution in [-0.2, 0) is 6.54 Å². The summed E-state index contributed by atoms with van der Waals surface area (Å²) in [7, 11) is 0. The molecule has 0 bridgehead atoms. The second-order valence-electron chi connectivity index (χ2n) is 6.79. The fraction of sp³-hybridized carbons (Fsp3) is 0.421. The molecule has 0 unspecified atom stereocenters. The van der Waals surface area contributed by atoms with E-state index in [0.717, 1.165) is 36.7 Å². The molecule has 2 heterocycles. The molecule has 2 aliphatic carbocycles. The Bertz CT molecular complexity index is 722. The Labute approximate surface area is 147 Å². The van der Waals surface area contributed by atoms with Gasteiger partial charge in [-0.25, -0.2) is 9.97 Å². The third-order valence-corrected chi connectivity index (χ3v) is 4.37. The molecule has 0 atom stereocenters. The Kier molecular flexibility index (Phi) is 4.50. The van der Waals surface area contributed by atoms with Crippen molar-refractivity contribution in [2.45, 2.75) is 38.3 Å². The number of ether oxygens (including phenoxy) is 1. The van der Waals surface area contributed by atoms with Crippen LogP contribution in [0.5, 0.6) is 5.88 Å². The van der Waals surface area contributed by atoms with E-state index in [2.05, 4.69) is 20.6 Å². The summed E-state index contributed by atoms with van der Waals surface area (Å²) in [5.74, 6) is 2.09. The monoisotopic (exact) mass is 338 g/mol. The number of nitrogens with one attached hydrogen (secondary N) is 2. The molecule has 0 radical (unpaired) electrons. The molecule has 2 N–H and O–H groups in total. The van der Waals surface area contributed by atoms with Gasteiger partial charge in [-0.15, -0.1) is 0 Å². The molecule has 130 valence electrons. The predicted molar refractivity (Wildman–Crippen MR) is 94.5 cm³/mol. The highest BCUT2D eigenvalue weighted by atomic mass is 16.5. The Morgan fingerprint density at radius 2 is 1.96 bits per heavy atom. The van der Waals surface area contributed by atoms with Gasteiger partial charge in [0.05, 0.1) is 12.2 Å². The zero-order chi connectivity index (χ0) is 17.1. The Morgan fingerprint density at radius 3 is 2.60 bits per heavy atom. The SMILES string of the molecule is O=C(NC1CC1)c1ccc(NCc2ccc(OCC3CC3)nc2)nc1. The van der Waals surface area contributed by atoms with Gasteiger partial charge in [0.15, 0.2) is 0 Å². The number of hydrogen-bond acceptors (Lipinski definition) is 5. The molecule has 6 nitrogen and oxygen atoms in total. The quantitative estimate of drug-likeness (QED) is 0.774. The van der Waals surface area contributed by atoms with Crippen LogP contribution in [0.3, 0.4) is 0 Å². The molecule has 4 rings (SSSR count). The molecule has 2 aliphatic rings. The van der Waals surface area contributed by atoms with Gasteiger partial charge in [0.2, 0.25) is 5.88 Å². The van der Waals surface area contributed by atoms with Crippen molar-refractivity contribution >= 4 is 11.7 Å². The molecular weight excluding hydrogens is 316 g/mol. The molecule has 0 aromatic carbocycles. The second kappa shape index (κ2) is 7.09. The van der Waals surface area contributed by atoms with Gasteiger partial charge >= 0.3 is 0 Å². The summed E-state index contributed by atoms with van der Waals surface area (Å²) < 4.78 is 5.63. The highest BCUT2D eigenvalue weighted by molar-refractivity contribution is 5.94. The molecule has 2 aromatic heterocycles. The van der Waals surface area contributed by atoms with Crippen molar-refractivity contribution in [2.75, 3.05) is 11.9 Å². The number of amides is 1. The number of carbonyl (C=O) groups is 1. The molecule has 1 amide bonds. The molecule has 2 fully saturated rings.